The molecule has 2 fully saturated rings. The highest BCUT2D eigenvalue weighted by atomic mass is 16.7. The lowest BCUT2D eigenvalue weighted by Crippen LogP contribution is -2.56. The van der Waals surface area contributed by atoms with Crippen LogP contribution in [0.1, 0.15) is 18.4 Å². The van der Waals surface area contributed by atoms with Crippen LogP contribution in [0.15, 0.2) is 18.2 Å². The van der Waals surface area contributed by atoms with Gasteiger partial charge in [0.2, 0.25) is 12.7 Å². The Morgan fingerprint density at radius 1 is 1.11 bits per heavy atom. The smallest absolute Gasteiger partial charge is 0.236 e. The molecule has 154 valence electrons. The molecule has 0 aliphatic carbocycles. The lowest BCUT2D eigenvalue weighted by molar-refractivity contribution is -0.134. The molecule has 0 spiro atoms. The van der Waals surface area contributed by atoms with Crippen LogP contribution in [0.25, 0.3) is 0 Å². The Balaban J connectivity index is 1.26. The van der Waals surface area contributed by atoms with Crippen LogP contribution in [0.3, 0.4) is 0 Å². The number of piperazine rings is 1. The van der Waals surface area contributed by atoms with E-state index < -0.39 is 0 Å². The number of carbonyl (C=O) groups excluding carboxylic acids is 1. The minimum Gasteiger partial charge on any atom is -0.454 e. The van der Waals surface area contributed by atoms with E-state index in [9.17, 15) is 4.79 Å². The Kier molecular flexibility index (Phi) is 6.04. The highest BCUT2D eigenvalue weighted by Crippen LogP contribution is 2.33. The van der Waals surface area contributed by atoms with Gasteiger partial charge in [-0.15, -0.1) is 0 Å². The Morgan fingerprint density at radius 3 is 2.68 bits per heavy atom. The molecule has 0 saturated carbocycles. The standard InChI is InChI=1S/C21H32N4O3/c1-22(2)15-21(26)25-7-3-4-18(14-25)24-10-8-23(9-11-24)13-17-5-6-19-20(12-17)28-16-27-19/h5-6,12,18H,3-4,7-11,13-16H2,1-2H3. The number of amides is 1. The van der Waals surface area contributed by atoms with Crippen molar-refractivity contribution in [1.29, 1.82) is 0 Å². The molecule has 28 heavy (non-hydrogen) atoms. The number of hydrogen-bond donors (Lipinski definition) is 0. The molecule has 0 aromatic heterocycles. The first-order valence-electron chi connectivity index (χ1n) is 10.4. The van der Waals surface area contributed by atoms with Crippen LogP contribution in [0, 0.1) is 0 Å². The summed E-state index contributed by atoms with van der Waals surface area (Å²) in [5.74, 6) is 1.97. The summed E-state index contributed by atoms with van der Waals surface area (Å²) >= 11 is 0. The third kappa shape index (κ3) is 4.59. The molecule has 7 heteroatoms. The maximum absolute atomic E-state index is 12.4. The number of ether oxygens (including phenoxy) is 2. The summed E-state index contributed by atoms with van der Waals surface area (Å²) in [6.07, 6.45) is 2.31. The number of nitrogens with zero attached hydrogens (tertiary/aromatic N) is 4. The number of piperidine rings is 1. The second-order valence-corrected chi connectivity index (χ2v) is 8.37. The summed E-state index contributed by atoms with van der Waals surface area (Å²) in [7, 11) is 3.91. The highest BCUT2D eigenvalue weighted by Gasteiger charge is 2.30. The normalized spacial score (nSPS) is 23.4. The van der Waals surface area contributed by atoms with Crippen LogP contribution in [-0.2, 0) is 11.3 Å². The van der Waals surface area contributed by atoms with E-state index in [1.165, 1.54) is 12.0 Å². The molecule has 2 saturated heterocycles. The molecule has 7 nitrogen and oxygen atoms in total. The molecular formula is C21H32N4O3. The quantitative estimate of drug-likeness (QED) is 0.753. The first-order valence-corrected chi connectivity index (χ1v) is 10.4. The van der Waals surface area contributed by atoms with Crippen LogP contribution in [-0.4, -0.2) is 98.3 Å². The van der Waals surface area contributed by atoms with Gasteiger partial charge in [0.15, 0.2) is 11.5 Å². The fraction of sp³-hybridized carbons (Fsp3) is 0.667. The third-order valence-corrected chi connectivity index (χ3v) is 5.97. The summed E-state index contributed by atoms with van der Waals surface area (Å²) in [4.78, 5) is 21.5. The van der Waals surface area contributed by atoms with Gasteiger partial charge >= 0.3 is 0 Å². The molecule has 0 radical (unpaired) electrons. The van der Waals surface area contributed by atoms with Gasteiger partial charge in [-0.2, -0.15) is 0 Å². The zero-order chi connectivity index (χ0) is 19.5. The van der Waals surface area contributed by atoms with E-state index in [0.29, 0.717) is 19.4 Å². The van der Waals surface area contributed by atoms with E-state index in [-0.39, 0.29) is 5.91 Å². The van der Waals surface area contributed by atoms with Crippen LogP contribution in [0.2, 0.25) is 0 Å². The molecular weight excluding hydrogens is 356 g/mol. The van der Waals surface area contributed by atoms with E-state index in [0.717, 1.165) is 63.7 Å². The maximum atomic E-state index is 12.4. The summed E-state index contributed by atoms with van der Waals surface area (Å²) in [6, 6.07) is 6.75. The Bertz CT molecular complexity index is 688. The van der Waals surface area contributed by atoms with Crippen molar-refractivity contribution in [3.8, 4) is 11.5 Å². The predicted molar refractivity (Wildman–Crippen MR) is 108 cm³/mol. The van der Waals surface area contributed by atoms with Crippen molar-refractivity contribution >= 4 is 5.91 Å². The summed E-state index contributed by atoms with van der Waals surface area (Å²) in [5.41, 5.74) is 1.27. The van der Waals surface area contributed by atoms with Gasteiger partial charge < -0.3 is 19.3 Å². The molecule has 1 unspecified atom stereocenters. The lowest BCUT2D eigenvalue weighted by atomic mass is 10.0. The minimum atomic E-state index is 0.260. The SMILES string of the molecule is CN(C)CC(=O)N1CCCC(N2CCN(Cc3ccc4c(c3)OCO4)CC2)C1. The number of likely N-dealkylation sites (tertiary alicyclic amines) is 1. The minimum absolute atomic E-state index is 0.260. The van der Waals surface area contributed by atoms with E-state index in [4.69, 9.17) is 9.47 Å². The Morgan fingerprint density at radius 2 is 1.89 bits per heavy atom. The zero-order valence-electron chi connectivity index (χ0n) is 17.1. The second-order valence-electron chi connectivity index (χ2n) is 8.37. The molecule has 3 aliphatic rings. The average molecular weight is 389 g/mol. The monoisotopic (exact) mass is 388 g/mol. The number of fused-ring (bicyclic) bond motifs is 1. The van der Waals surface area contributed by atoms with Crippen LogP contribution < -0.4 is 9.47 Å². The van der Waals surface area contributed by atoms with Gasteiger partial charge in [-0.25, -0.2) is 0 Å². The first-order chi connectivity index (χ1) is 13.6. The van der Waals surface area contributed by atoms with Crippen molar-refractivity contribution in [2.45, 2.75) is 25.4 Å². The fourth-order valence-corrected chi connectivity index (χ4v) is 4.43. The van der Waals surface area contributed by atoms with Gasteiger partial charge in [-0.05, 0) is 44.6 Å². The van der Waals surface area contributed by atoms with E-state index >= 15 is 0 Å². The molecule has 0 bridgehead atoms. The Labute approximate surface area is 167 Å². The van der Waals surface area contributed by atoms with Crippen molar-refractivity contribution < 1.29 is 14.3 Å². The number of rotatable bonds is 5. The van der Waals surface area contributed by atoms with E-state index in [1.807, 2.05) is 25.1 Å². The molecule has 3 heterocycles. The van der Waals surface area contributed by atoms with Gasteiger partial charge in [-0.1, -0.05) is 6.07 Å². The molecule has 1 aromatic carbocycles. The van der Waals surface area contributed by atoms with Crippen LogP contribution in [0.4, 0.5) is 0 Å². The molecule has 3 aliphatic heterocycles. The fourth-order valence-electron chi connectivity index (χ4n) is 4.43. The Hall–Kier alpha value is -1.83. The van der Waals surface area contributed by atoms with Crippen LogP contribution >= 0.6 is 0 Å². The first kappa shape index (κ1) is 19.5. The number of likely N-dealkylation sites (N-methyl/N-ethyl adjacent to an activating group) is 1. The highest BCUT2D eigenvalue weighted by molar-refractivity contribution is 5.78. The van der Waals surface area contributed by atoms with Crippen molar-refractivity contribution in [3.63, 3.8) is 0 Å². The summed E-state index contributed by atoms with van der Waals surface area (Å²) in [6.45, 7) is 7.86. The average Bonchev–Trinajstić information content (AvgIpc) is 3.16. The van der Waals surface area contributed by atoms with Crippen molar-refractivity contribution in [2.75, 3.05) is 66.7 Å². The van der Waals surface area contributed by atoms with Crippen molar-refractivity contribution in [3.05, 3.63) is 23.8 Å². The number of hydrogen-bond acceptors (Lipinski definition) is 6. The maximum Gasteiger partial charge on any atom is 0.236 e. The van der Waals surface area contributed by atoms with E-state index in [1.54, 1.807) is 0 Å². The molecule has 1 aromatic rings. The molecule has 1 amide bonds. The van der Waals surface area contributed by atoms with E-state index in [2.05, 4.69) is 26.8 Å². The number of carbonyl (C=O) groups is 1. The predicted octanol–water partition coefficient (Wildman–Crippen LogP) is 1.09. The summed E-state index contributed by atoms with van der Waals surface area (Å²) in [5, 5.41) is 0. The molecule has 4 rings (SSSR count). The second kappa shape index (κ2) is 8.68. The van der Waals surface area contributed by atoms with Gasteiger partial charge in [0, 0.05) is 51.9 Å². The van der Waals surface area contributed by atoms with Gasteiger partial charge in [0.05, 0.1) is 6.54 Å². The lowest BCUT2D eigenvalue weighted by Gasteiger charge is -2.43. The summed E-state index contributed by atoms with van der Waals surface area (Å²) < 4.78 is 10.9. The number of benzene rings is 1. The third-order valence-electron chi connectivity index (χ3n) is 5.97. The van der Waals surface area contributed by atoms with Crippen molar-refractivity contribution in [1.82, 2.24) is 19.6 Å². The van der Waals surface area contributed by atoms with Gasteiger partial charge in [-0.3, -0.25) is 14.6 Å². The van der Waals surface area contributed by atoms with Gasteiger partial charge in [0.1, 0.15) is 0 Å². The molecule has 0 N–H and O–H groups in total. The molecule has 1 atom stereocenters. The van der Waals surface area contributed by atoms with Crippen molar-refractivity contribution in [2.24, 2.45) is 0 Å². The largest absolute Gasteiger partial charge is 0.454 e. The van der Waals surface area contributed by atoms with Crippen LogP contribution in [0.5, 0.6) is 11.5 Å². The topological polar surface area (TPSA) is 48.5 Å². The zero-order valence-corrected chi connectivity index (χ0v) is 17.1. The van der Waals surface area contributed by atoms with Gasteiger partial charge in [0.25, 0.3) is 0 Å².